The fraction of sp³-hybridized carbons (Fsp3) is 0.875. The molecule has 3 aliphatic heterocycles. The number of nitrogens with zero attached hydrogens (tertiary/aromatic N) is 1. The van der Waals surface area contributed by atoms with E-state index in [1.165, 1.54) is 25.9 Å². The van der Waals surface area contributed by atoms with E-state index in [0.29, 0.717) is 10.4 Å². The third kappa shape index (κ3) is 1.75. The molecule has 0 radical (unpaired) electrons. The summed E-state index contributed by atoms with van der Waals surface area (Å²) < 4.78 is 0.647. The van der Waals surface area contributed by atoms with Crippen molar-refractivity contribution in [1.29, 1.82) is 0 Å². The van der Waals surface area contributed by atoms with Gasteiger partial charge in [-0.15, -0.1) is 12.6 Å². The molecule has 12 heavy (non-hydrogen) atoms. The summed E-state index contributed by atoms with van der Waals surface area (Å²) in [6.45, 7) is 3.72. The molecule has 2 nitrogen and oxygen atoms in total. The third-order valence-corrected chi connectivity index (χ3v) is 3.21. The van der Waals surface area contributed by atoms with Gasteiger partial charge in [-0.25, -0.2) is 0 Å². The van der Waals surface area contributed by atoms with Crippen LogP contribution in [0.15, 0.2) is 0 Å². The summed E-state index contributed by atoms with van der Waals surface area (Å²) in [4.78, 5) is 2.50. The molecule has 3 heterocycles. The van der Waals surface area contributed by atoms with Crippen molar-refractivity contribution in [2.24, 2.45) is 5.92 Å². The van der Waals surface area contributed by atoms with Gasteiger partial charge in [0.15, 0.2) is 0 Å². The number of piperidine rings is 3. The Bertz CT molecular complexity index is 187. The fourth-order valence-corrected chi connectivity index (χ4v) is 2.60. The van der Waals surface area contributed by atoms with E-state index >= 15 is 0 Å². The van der Waals surface area contributed by atoms with Crippen LogP contribution >= 0.6 is 24.8 Å². The SMILES string of the molecule is S=C(S)N[C@@H]1CN2CCC1CC2. The average molecular weight is 202 g/mol. The van der Waals surface area contributed by atoms with Crippen LogP contribution < -0.4 is 5.32 Å². The van der Waals surface area contributed by atoms with Crippen LogP contribution in [0.1, 0.15) is 12.8 Å². The van der Waals surface area contributed by atoms with Crippen molar-refractivity contribution in [2.45, 2.75) is 18.9 Å². The van der Waals surface area contributed by atoms with E-state index in [4.69, 9.17) is 12.2 Å². The van der Waals surface area contributed by atoms with Gasteiger partial charge in [-0.2, -0.15) is 0 Å². The Hall–Kier alpha value is 0.200. The number of fused-ring (bicyclic) bond motifs is 3. The zero-order valence-corrected chi connectivity index (χ0v) is 8.70. The summed E-state index contributed by atoms with van der Waals surface area (Å²) in [7, 11) is 0. The Kier molecular flexibility index (Phi) is 2.57. The van der Waals surface area contributed by atoms with Crippen molar-refractivity contribution in [1.82, 2.24) is 10.2 Å². The maximum Gasteiger partial charge on any atom is 0.130 e. The molecule has 0 aromatic rings. The van der Waals surface area contributed by atoms with Gasteiger partial charge in [0.05, 0.1) is 0 Å². The lowest BCUT2D eigenvalue weighted by molar-refractivity contribution is 0.0819. The fourth-order valence-electron chi connectivity index (χ4n) is 2.29. The maximum atomic E-state index is 4.93. The quantitative estimate of drug-likeness (QED) is 0.485. The Labute approximate surface area is 84.1 Å². The first kappa shape index (κ1) is 8.78. The Morgan fingerprint density at radius 3 is 2.50 bits per heavy atom. The number of hydrogen-bond acceptors (Lipinski definition) is 2. The first-order valence-corrected chi connectivity index (χ1v) is 5.33. The summed E-state index contributed by atoms with van der Waals surface area (Å²) in [5.41, 5.74) is 0. The standard InChI is InChI=1S/C8H14N2S2/c11-8(12)9-7-5-10-3-1-6(7)2-4-10/h6-7H,1-5H2,(H2,9,11,12)/t7-/m1/s1. The van der Waals surface area contributed by atoms with E-state index in [-0.39, 0.29) is 0 Å². The Morgan fingerprint density at radius 2 is 2.08 bits per heavy atom. The van der Waals surface area contributed by atoms with Crippen molar-refractivity contribution >= 4 is 29.2 Å². The van der Waals surface area contributed by atoms with E-state index in [9.17, 15) is 0 Å². The highest BCUT2D eigenvalue weighted by Crippen LogP contribution is 2.27. The topological polar surface area (TPSA) is 15.3 Å². The minimum Gasteiger partial charge on any atom is -0.367 e. The normalized spacial score (nSPS) is 39.6. The lowest BCUT2D eigenvalue weighted by atomic mass is 9.84. The number of hydrogen-bond donors (Lipinski definition) is 2. The van der Waals surface area contributed by atoms with Crippen molar-refractivity contribution in [3.05, 3.63) is 0 Å². The molecule has 0 amide bonds. The minimum atomic E-state index is 0.567. The van der Waals surface area contributed by atoms with Crippen LogP contribution in [-0.2, 0) is 0 Å². The lowest BCUT2D eigenvalue weighted by Gasteiger charge is -2.45. The summed E-state index contributed by atoms with van der Waals surface area (Å²) in [5, 5.41) is 3.27. The highest BCUT2D eigenvalue weighted by atomic mass is 32.1. The van der Waals surface area contributed by atoms with Crippen molar-refractivity contribution < 1.29 is 0 Å². The molecule has 3 saturated heterocycles. The van der Waals surface area contributed by atoms with Gasteiger partial charge in [0.1, 0.15) is 4.32 Å². The van der Waals surface area contributed by atoms with Gasteiger partial charge in [0, 0.05) is 12.6 Å². The summed E-state index contributed by atoms with van der Waals surface area (Å²) in [5.74, 6) is 0.833. The molecule has 3 aliphatic rings. The summed E-state index contributed by atoms with van der Waals surface area (Å²) in [6.07, 6.45) is 2.65. The second-order valence-electron chi connectivity index (χ2n) is 3.69. The first-order valence-electron chi connectivity index (χ1n) is 4.47. The molecule has 1 N–H and O–H groups in total. The second kappa shape index (κ2) is 3.52. The van der Waals surface area contributed by atoms with E-state index in [1.54, 1.807) is 0 Å². The highest BCUT2D eigenvalue weighted by molar-refractivity contribution is 8.11. The van der Waals surface area contributed by atoms with Crippen LogP contribution in [0.3, 0.4) is 0 Å². The number of thiocarbonyl (C=S) groups is 1. The predicted molar refractivity (Wildman–Crippen MR) is 57.7 cm³/mol. The number of rotatable bonds is 1. The van der Waals surface area contributed by atoms with E-state index in [0.717, 1.165) is 12.5 Å². The number of thiol groups is 1. The molecule has 1 atom stereocenters. The summed E-state index contributed by atoms with van der Waals surface area (Å²) in [6, 6.07) is 0.567. The molecule has 0 unspecified atom stereocenters. The molecule has 3 fully saturated rings. The predicted octanol–water partition coefficient (Wildman–Crippen LogP) is 0.885. The largest absolute Gasteiger partial charge is 0.367 e. The smallest absolute Gasteiger partial charge is 0.130 e. The molecule has 4 heteroatoms. The van der Waals surface area contributed by atoms with E-state index in [2.05, 4.69) is 22.8 Å². The van der Waals surface area contributed by atoms with Gasteiger partial charge >= 0.3 is 0 Å². The van der Waals surface area contributed by atoms with Gasteiger partial charge in [0.25, 0.3) is 0 Å². The Balaban J connectivity index is 1.95. The molecular weight excluding hydrogens is 188 g/mol. The molecule has 68 valence electrons. The lowest BCUT2D eigenvalue weighted by Crippen LogP contribution is -2.56. The molecule has 0 aromatic carbocycles. The zero-order valence-electron chi connectivity index (χ0n) is 6.99. The van der Waals surface area contributed by atoms with Crippen LogP contribution in [0.25, 0.3) is 0 Å². The van der Waals surface area contributed by atoms with Crippen molar-refractivity contribution in [2.75, 3.05) is 19.6 Å². The third-order valence-electron chi connectivity index (χ3n) is 2.97. The van der Waals surface area contributed by atoms with Crippen molar-refractivity contribution in [3.63, 3.8) is 0 Å². The van der Waals surface area contributed by atoms with Gasteiger partial charge in [-0.05, 0) is 31.8 Å². The van der Waals surface area contributed by atoms with Crippen molar-refractivity contribution in [3.8, 4) is 0 Å². The number of nitrogens with one attached hydrogen (secondary N) is 1. The summed E-state index contributed by atoms with van der Waals surface area (Å²) >= 11 is 9.03. The van der Waals surface area contributed by atoms with Crippen LogP contribution in [0.5, 0.6) is 0 Å². The first-order chi connectivity index (χ1) is 5.75. The average Bonchev–Trinajstić information content (AvgIpc) is 2.05. The van der Waals surface area contributed by atoms with Gasteiger partial charge in [-0.3, -0.25) is 0 Å². The molecule has 0 spiro atoms. The van der Waals surface area contributed by atoms with E-state index in [1.807, 2.05) is 0 Å². The molecule has 0 saturated carbocycles. The van der Waals surface area contributed by atoms with Gasteiger partial charge in [0.2, 0.25) is 0 Å². The van der Waals surface area contributed by atoms with Gasteiger partial charge < -0.3 is 10.2 Å². The van der Waals surface area contributed by atoms with Crippen LogP contribution in [0.4, 0.5) is 0 Å². The second-order valence-corrected chi connectivity index (χ2v) is 4.85. The van der Waals surface area contributed by atoms with Crippen LogP contribution in [0.2, 0.25) is 0 Å². The molecule has 0 aliphatic carbocycles. The molecule has 2 bridgehead atoms. The zero-order chi connectivity index (χ0) is 8.55. The maximum absolute atomic E-state index is 4.93. The monoisotopic (exact) mass is 202 g/mol. The van der Waals surface area contributed by atoms with Crippen LogP contribution in [-0.4, -0.2) is 34.9 Å². The van der Waals surface area contributed by atoms with Crippen LogP contribution in [0, 0.1) is 5.92 Å². The molecule has 0 aromatic heterocycles. The minimum absolute atomic E-state index is 0.567. The van der Waals surface area contributed by atoms with Gasteiger partial charge in [-0.1, -0.05) is 12.2 Å². The Morgan fingerprint density at radius 1 is 1.42 bits per heavy atom. The van der Waals surface area contributed by atoms with E-state index < -0.39 is 0 Å². The highest BCUT2D eigenvalue weighted by Gasteiger charge is 2.33. The molecule has 3 rings (SSSR count). The molecular formula is C8H14N2S2.